The Kier molecular flexibility index (Phi) is 5.84. The van der Waals surface area contributed by atoms with Gasteiger partial charge in [-0.25, -0.2) is 9.37 Å². The molecule has 1 aliphatic rings. The molecule has 2 heterocycles. The summed E-state index contributed by atoms with van der Waals surface area (Å²) in [5.41, 5.74) is 2.46. The molecule has 28 heavy (non-hydrogen) atoms. The van der Waals surface area contributed by atoms with Crippen LogP contribution in [0.1, 0.15) is 29.9 Å². The molecule has 4 nitrogen and oxygen atoms in total. The van der Waals surface area contributed by atoms with Crippen LogP contribution in [0.2, 0.25) is 0 Å². The molecule has 5 heteroatoms. The van der Waals surface area contributed by atoms with Gasteiger partial charge in [-0.3, -0.25) is 4.90 Å². The number of likely N-dealkylation sites (tertiary alicyclic amines) is 1. The van der Waals surface area contributed by atoms with E-state index in [2.05, 4.69) is 22.0 Å². The van der Waals surface area contributed by atoms with Crippen LogP contribution in [0, 0.1) is 12.7 Å². The molecule has 0 radical (unpaired) electrons. The molecule has 0 unspecified atom stereocenters. The molecule has 0 aliphatic carbocycles. The largest absolute Gasteiger partial charge is 0.441 e. The lowest BCUT2D eigenvalue weighted by Crippen LogP contribution is -2.39. The second-order valence-corrected chi connectivity index (χ2v) is 7.30. The third kappa shape index (κ3) is 4.49. The summed E-state index contributed by atoms with van der Waals surface area (Å²) in [4.78, 5) is 6.91. The highest BCUT2D eigenvalue weighted by Gasteiger charge is 2.23. The second-order valence-electron chi connectivity index (χ2n) is 7.30. The number of nitrogens with zero attached hydrogens (tertiary/aromatic N) is 2. The molecule has 1 atom stereocenters. The zero-order chi connectivity index (χ0) is 19.3. The zero-order valence-corrected chi connectivity index (χ0v) is 16.1. The van der Waals surface area contributed by atoms with Crippen LogP contribution in [0.4, 0.5) is 4.39 Å². The SMILES string of the molecule is Cc1oc(-c2ccccc2F)nc1CN1CCC[C@H](OCc2ccccc2)C1. The molecule has 0 spiro atoms. The first kappa shape index (κ1) is 18.8. The maximum Gasteiger partial charge on any atom is 0.229 e. The summed E-state index contributed by atoms with van der Waals surface area (Å²) in [5.74, 6) is 0.771. The first-order valence-electron chi connectivity index (χ1n) is 9.78. The summed E-state index contributed by atoms with van der Waals surface area (Å²) in [7, 11) is 0. The lowest BCUT2D eigenvalue weighted by Gasteiger charge is -2.32. The van der Waals surface area contributed by atoms with Gasteiger partial charge in [-0.1, -0.05) is 42.5 Å². The average molecular weight is 380 g/mol. The summed E-state index contributed by atoms with van der Waals surface area (Å²) in [6.45, 7) is 5.09. The van der Waals surface area contributed by atoms with Gasteiger partial charge in [0.1, 0.15) is 11.6 Å². The molecule has 1 saturated heterocycles. The van der Waals surface area contributed by atoms with Crippen LogP contribution in [0.15, 0.2) is 59.0 Å². The Morgan fingerprint density at radius 3 is 2.75 bits per heavy atom. The minimum absolute atomic E-state index is 0.215. The fourth-order valence-corrected chi connectivity index (χ4v) is 3.62. The number of oxazole rings is 1. The van der Waals surface area contributed by atoms with Gasteiger partial charge in [0.05, 0.1) is 24.0 Å². The van der Waals surface area contributed by atoms with Gasteiger partial charge in [0, 0.05) is 13.1 Å². The van der Waals surface area contributed by atoms with E-state index in [0.29, 0.717) is 24.6 Å². The lowest BCUT2D eigenvalue weighted by atomic mass is 10.1. The maximum atomic E-state index is 14.0. The number of rotatable bonds is 6. The Bertz CT molecular complexity index is 910. The van der Waals surface area contributed by atoms with E-state index in [1.54, 1.807) is 18.2 Å². The molecule has 1 aromatic heterocycles. The number of aromatic nitrogens is 1. The van der Waals surface area contributed by atoms with Crippen molar-refractivity contribution in [2.24, 2.45) is 0 Å². The molecule has 0 saturated carbocycles. The van der Waals surface area contributed by atoms with Crippen molar-refractivity contribution >= 4 is 0 Å². The molecule has 3 aromatic rings. The van der Waals surface area contributed by atoms with E-state index in [1.807, 2.05) is 25.1 Å². The first-order chi connectivity index (χ1) is 13.7. The van der Waals surface area contributed by atoms with Gasteiger partial charge in [0.15, 0.2) is 0 Å². The predicted molar refractivity (Wildman–Crippen MR) is 106 cm³/mol. The quantitative estimate of drug-likeness (QED) is 0.605. The standard InChI is InChI=1S/C23H25FN2O2/c1-17-22(25-23(28-17)20-11-5-6-12-21(20)24)15-26-13-7-10-19(14-26)27-16-18-8-3-2-4-9-18/h2-6,8-9,11-12,19H,7,10,13-16H2,1H3/t19-/m0/s1. The van der Waals surface area contributed by atoms with Gasteiger partial charge >= 0.3 is 0 Å². The van der Waals surface area contributed by atoms with Crippen molar-refractivity contribution in [2.45, 2.75) is 39.0 Å². The smallest absolute Gasteiger partial charge is 0.229 e. The molecular weight excluding hydrogens is 355 g/mol. The average Bonchev–Trinajstić information content (AvgIpc) is 3.08. The highest BCUT2D eigenvalue weighted by atomic mass is 19.1. The molecule has 1 aliphatic heterocycles. The van der Waals surface area contributed by atoms with Crippen LogP contribution < -0.4 is 0 Å². The minimum atomic E-state index is -0.317. The normalized spacial score (nSPS) is 17.7. The highest BCUT2D eigenvalue weighted by Crippen LogP contribution is 2.26. The second kappa shape index (κ2) is 8.67. The van der Waals surface area contributed by atoms with Gasteiger partial charge in [0.2, 0.25) is 5.89 Å². The zero-order valence-electron chi connectivity index (χ0n) is 16.1. The van der Waals surface area contributed by atoms with E-state index in [0.717, 1.165) is 37.4 Å². The monoisotopic (exact) mass is 380 g/mol. The molecule has 0 amide bonds. The number of halogens is 1. The van der Waals surface area contributed by atoms with Crippen molar-refractivity contribution in [3.63, 3.8) is 0 Å². The fraction of sp³-hybridized carbons (Fsp3) is 0.348. The summed E-state index contributed by atoms with van der Waals surface area (Å²) in [6, 6.07) is 16.8. The van der Waals surface area contributed by atoms with Crippen molar-refractivity contribution in [3.8, 4) is 11.5 Å². The Morgan fingerprint density at radius 1 is 1.14 bits per heavy atom. The van der Waals surface area contributed by atoms with Crippen LogP contribution >= 0.6 is 0 Å². The third-order valence-corrected chi connectivity index (χ3v) is 5.16. The van der Waals surface area contributed by atoms with Crippen molar-refractivity contribution in [1.29, 1.82) is 0 Å². The molecule has 146 valence electrons. The molecule has 0 bridgehead atoms. The summed E-state index contributed by atoms with van der Waals surface area (Å²) in [6.07, 6.45) is 2.38. The summed E-state index contributed by atoms with van der Waals surface area (Å²) >= 11 is 0. The Balaban J connectivity index is 1.38. The van der Waals surface area contributed by atoms with E-state index in [4.69, 9.17) is 9.15 Å². The van der Waals surface area contributed by atoms with Gasteiger partial charge < -0.3 is 9.15 Å². The van der Waals surface area contributed by atoms with Crippen LogP contribution in [0.3, 0.4) is 0 Å². The number of ether oxygens (including phenoxy) is 1. The van der Waals surface area contributed by atoms with E-state index in [-0.39, 0.29) is 11.9 Å². The van der Waals surface area contributed by atoms with Gasteiger partial charge in [-0.2, -0.15) is 0 Å². The number of hydrogen-bond donors (Lipinski definition) is 0. The Labute approximate surface area is 165 Å². The number of piperidine rings is 1. The van der Waals surface area contributed by atoms with Gasteiger partial charge in [0.25, 0.3) is 0 Å². The number of benzene rings is 2. The van der Waals surface area contributed by atoms with Crippen LogP contribution in [-0.2, 0) is 17.9 Å². The maximum absolute atomic E-state index is 14.0. The van der Waals surface area contributed by atoms with Gasteiger partial charge in [-0.05, 0) is 44.0 Å². The predicted octanol–water partition coefficient (Wildman–Crippen LogP) is 4.97. The molecule has 1 fully saturated rings. The van der Waals surface area contributed by atoms with Crippen molar-refractivity contribution in [2.75, 3.05) is 13.1 Å². The lowest BCUT2D eigenvalue weighted by molar-refractivity contribution is -0.0123. The Morgan fingerprint density at radius 2 is 1.93 bits per heavy atom. The third-order valence-electron chi connectivity index (χ3n) is 5.16. The topological polar surface area (TPSA) is 38.5 Å². The fourth-order valence-electron chi connectivity index (χ4n) is 3.62. The van der Waals surface area contributed by atoms with E-state index in [9.17, 15) is 4.39 Å². The molecule has 4 rings (SSSR count). The number of hydrogen-bond acceptors (Lipinski definition) is 4. The van der Waals surface area contributed by atoms with Crippen molar-refractivity contribution < 1.29 is 13.5 Å². The van der Waals surface area contributed by atoms with Crippen LogP contribution in [0.5, 0.6) is 0 Å². The highest BCUT2D eigenvalue weighted by molar-refractivity contribution is 5.54. The molecular formula is C23H25FN2O2. The van der Waals surface area contributed by atoms with E-state index < -0.39 is 0 Å². The van der Waals surface area contributed by atoms with E-state index >= 15 is 0 Å². The van der Waals surface area contributed by atoms with Crippen molar-refractivity contribution in [3.05, 3.63) is 77.4 Å². The Hall–Kier alpha value is -2.50. The number of aryl methyl sites for hydroxylation is 1. The first-order valence-corrected chi connectivity index (χ1v) is 9.78. The van der Waals surface area contributed by atoms with Gasteiger partial charge in [-0.15, -0.1) is 0 Å². The summed E-state index contributed by atoms with van der Waals surface area (Å²) in [5, 5.41) is 0. The minimum Gasteiger partial charge on any atom is -0.441 e. The van der Waals surface area contributed by atoms with Crippen molar-refractivity contribution in [1.82, 2.24) is 9.88 Å². The van der Waals surface area contributed by atoms with Crippen LogP contribution in [0.25, 0.3) is 11.5 Å². The van der Waals surface area contributed by atoms with E-state index in [1.165, 1.54) is 11.6 Å². The molecule has 0 N–H and O–H groups in total. The molecule has 2 aromatic carbocycles. The summed E-state index contributed by atoms with van der Waals surface area (Å²) < 4.78 is 25.9. The van der Waals surface area contributed by atoms with Crippen LogP contribution in [-0.4, -0.2) is 29.1 Å².